The van der Waals surface area contributed by atoms with E-state index < -0.39 is 6.09 Å². The van der Waals surface area contributed by atoms with Gasteiger partial charge in [-0.3, -0.25) is 4.90 Å². The second-order valence-electron chi connectivity index (χ2n) is 5.58. The number of hydrogen-bond donors (Lipinski definition) is 1. The highest BCUT2D eigenvalue weighted by molar-refractivity contribution is 7.22. The minimum Gasteiger partial charge on any atom is -0.465 e. The van der Waals surface area contributed by atoms with E-state index in [0.717, 1.165) is 15.3 Å². The Morgan fingerprint density at radius 2 is 2.09 bits per heavy atom. The van der Waals surface area contributed by atoms with Crippen LogP contribution in [0.25, 0.3) is 10.2 Å². The van der Waals surface area contributed by atoms with Crippen molar-refractivity contribution in [3.8, 4) is 6.07 Å². The first-order valence-electron chi connectivity index (χ1n) is 7.06. The van der Waals surface area contributed by atoms with Crippen LogP contribution in [0.2, 0.25) is 0 Å². The summed E-state index contributed by atoms with van der Waals surface area (Å²) in [5, 5.41) is 19.1. The monoisotopic (exact) mass is 316 g/mol. The highest BCUT2D eigenvalue weighted by Gasteiger charge is 2.33. The van der Waals surface area contributed by atoms with Gasteiger partial charge in [-0.2, -0.15) is 5.26 Å². The number of carbonyl (C=O) groups is 1. The molecule has 1 N–H and O–H groups in total. The number of nitrogens with zero attached hydrogens (tertiary/aromatic N) is 4. The summed E-state index contributed by atoms with van der Waals surface area (Å²) >= 11 is 1.54. The van der Waals surface area contributed by atoms with Crippen molar-refractivity contribution in [3.05, 3.63) is 23.8 Å². The zero-order valence-electron chi connectivity index (χ0n) is 12.4. The summed E-state index contributed by atoms with van der Waals surface area (Å²) < 4.78 is 0.982. The Morgan fingerprint density at radius 3 is 2.68 bits per heavy atom. The van der Waals surface area contributed by atoms with Crippen molar-refractivity contribution >= 4 is 32.8 Å². The Balaban J connectivity index is 1.89. The molecule has 1 aliphatic rings. The zero-order valence-corrected chi connectivity index (χ0v) is 13.2. The maximum atomic E-state index is 11.3. The smallest absolute Gasteiger partial charge is 0.407 e. The van der Waals surface area contributed by atoms with Gasteiger partial charge in [-0.1, -0.05) is 11.3 Å². The lowest BCUT2D eigenvalue weighted by molar-refractivity contribution is 0.0982. The molecule has 114 valence electrons. The van der Waals surface area contributed by atoms with Gasteiger partial charge in [0.15, 0.2) is 5.13 Å². The number of fused-ring (bicyclic) bond motifs is 1. The molecule has 1 aromatic carbocycles. The van der Waals surface area contributed by atoms with Gasteiger partial charge in [0.25, 0.3) is 0 Å². The van der Waals surface area contributed by atoms with Crippen LogP contribution >= 0.6 is 11.3 Å². The standard InChI is InChI=1S/C15H16N4O2S/c1-9-7-18(8-10(2)19(9)15(20)21)14-17-12-4-3-11(6-16)5-13(12)22-14/h3-5,9-10H,7-8H2,1-2H3,(H,20,21). The Kier molecular flexibility index (Phi) is 3.62. The van der Waals surface area contributed by atoms with Crippen LogP contribution in [0.1, 0.15) is 19.4 Å². The Labute approximate surface area is 132 Å². The van der Waals surface area contributed by atoms with Gasteiger partial charge in [0.1, 0.15) is 0 Å². The van der Waals surface area contributed by atoms with Crippen molar-refractivity contribution in [1.29, 1.82) is 5.26 Å². The lowest BCUT2D eigenvalue weighted by atomic mass is 10.1. The van der Waals surface area contributed by atoms with Gasteiger partial charge in [-0.15, -0.1) is 0 Å². The molecule has 2 aromatic rings. The highest BCUT2D eigenvalue weighted by atomic mass is 32.1. The minimum absolute atomic E-state index is 0.0806. The van der Waals surface area contributed by atoms with Crippen molar-refractivity contribution in [1.82, 2.24) is 9.88 Å². The third kappa shape index (κ3) is 2.46. The van der Waals surface area contributed by atoms with Crippen molar-refractivity contribution < 1.29 is 9.90 Å². The van der Waals surface area contributed by atoms with E-state index in [2.05, 4.69) is 16.0 Å². The summed E-state index contributed by atoms with van der Waals surface area (Å²) in [5.41, 5.74) is 1.50. The molecular weight excluding hydrogens is 300 g/mol. The van der Waals surface area contributed by atoms with Gasteiger partial charge in [-0.25, -0.2) is 9.78 Å². The zero-order chi connectivity index (χ0) is 15.9. The molecule has 2 unspecified atom stereocenters. The number of amides is 1. The van der Waals surface area contributed by atoms with E-state index in [4.69, 9.17) is 5.26 Å². The maximum absolute atomic E-state index is 11.3. The number of nitriles is 1. The summed E-state index contributed by atoms with van der Waals surface area (Å²) in [6.45, 7) is 5.08. The average molecular weight is 316 g/mol. The van der Waals surface area contributed by atoms with Crippen LogP contribution in [0.5, 0.6) is 0 Å². The SMILES string of the molecule is CC1CN(c2nc3ccc(C#N)cc3s2)CC(C)N1C(=O)O. The largest absolute Gasteiger partial charge is 0.465 e. The second kappa shape index (κ2) is 5.46. The average Bonchev–Trinajstić information content (AvgIpc) is 2.88. The van der Waals surface area contributed by atoms with Crippen LogP contribution < -0.4 is 4.90 Å². The molecule has 2 atom stereocenters. The lowest BCUT2D eigenvalue weighted by Crippen LogP contribution is -2.58. The van der Waals surface area contributed by atoms with Crippen molar-refractivity contribution in [2.75, 3.05) is 18.0 Å². The number of benzene rings is 1. The summed E-state index contributed by atoms with van der Waals surface area (Å²) in [6, 6.07) is 7.44. The van der Waals surface area contributed by atoms with Crippen LogP contribution in [0.15, 0.2) is 18.2 Å². The number of piperazine rings is 1. The molecule has 2 heterocycles. The van der Waals surface area contributed by atoms with E-state index in [0.29, 0.717) is 18.7 Å². The van der Waals surface area contributed by atoms with Crippen LogP contribution in [0, 0.1) is 11.3 Å². The summed E-state index contributed by atoms with van der Waals surface area (Å²) in [7, 11) is 0. The number of carboxylic acid groups (broad SMARTS) is 1. The van der Waals surface area contributed by atoms with Gasteiger partial charge in [0.05, 0.1) is 33.9 Å². The fourth-order valence-electron chi connectivity index (χ4n) is 2.97. The fraction of sp³-hybridized carbons (Fsp3) is 0.400. The molecular formula is C15H16N4O2S. The molecule has 6 nitrogen and oxygen atoms in total. The molecule has 0 radical (unpaired) electrons. The number of anilines is 1. The van der Waals surface area contributed by atoms with E-state index in [-0.39, 0.29) is 12.1 Å². The lowest BCUT2D eigenvalue weighted by Gasteiger charge is -2.42. The van der Waals surface area contributed by atoms with Crippen LogP contribution in [-0.2, 0) is 0 Å². The number of hydrogen-bond acceptors (Lipinski definition) is 5. The van der Waals surface area contributed by atoms with E-state index in [1.165, 1.54) is 4.90 Å². The maximum Gasteiger partial charge on any atom is 0.407 e. The molecule has 1 amide bonds. The van der Waals surface area contributed by atoms with Crippen molar-refractivity contribution in [2.24, 2.45) is 0 Å². The normalized spacial score (nSPS) is 21.9. The third-order valence-corrected chi connectivity index (χ3v) is 5.00. The molecule has 0 bridgehead atoms. The van der Waals surface area contributed by atoms with Gasteiger partial charge in [0.2, 0.25) is 0 Å². The molecule has 7 heteroatoms. The van der Waals surface area contributed by atoms with Gasteiger partial charge >= 0.3 is 6.09 Å². The second-order valence-corrected chi connectivity index (χ2v) is 6.59. The summed E-state index contributed by atoms with van der Waals surface area (Å²) in [4.78, 5) is 19.5. The Hall–Kier alpha value is -2.33. The first-order valence-corrected chi connectivity index (χ1v) is 7.88. The highest BCUT2D eigenvalue weighted by Crippen LogP contribution is 2.31. The number of rotatable bonds is 1. The predicted octanol–water partition coefficient (Wildman–Crippen LogP) is 2.74. The van der Waals surface area contributed by atoms with Crippen LogP contribution in [0.4, 0.5) is 9.93 Å². The molecule has 1 aromatic heterocycles. The van der Waals surface area contributed by atoms with Gasteiger partial charge in [0, 0.05) is 13.1 Å². The summed E-state index contributed by atoms with van der Waals surface area (Å²) in [5.74, 6) is 0. The number of aromatic nitrogens is 1. The molecule has 1 fully saturated rings. The van der Waals surface area contributed by atoms with E-state index in [1.807, 2.05) is 26.0 Å². The van der Waals surface area contributed by atoms with Gasteiger partial charge in [-0.05, 0) is 32.0 Å². The quantitative estimate of drug-likeness (QED) is 0.875. The molecule has 1 saturated heterocycles. The van der Waals surface area contributed by atoms with Crippen molar-refractivity contribution in [3.63, 3.8) is 0 Å². The molecule has 0 saturated carbocycles. The predicted molar refractivity (Wildman–Crippen MR) is 85.3 cm³/mol. The molecule has 3 rings (SSSR count). The molecule has 0 spiro atoms. The Bertz CT molecular complexity index is 754. The van der Waals surface area contributed by atoms with Crippen molar-refractivity contribution in [2.45, 2.75) is 25.9 Å². The van der Waals surface area contributed by atoms with E-state index >= 15 is 0 Å². The first-order chi connectivity index (χ1) is 10.5. The van der Waals surface area contributed by atoms with Crippen LogP contribution in [0.3, 0.4) is 0 Å². The Morgan fingerprint density at radius 1 is 1.41 bits per heavy atom. The minimum atomic E-state index is -0.873. The van der Waals surface area contributed by atoms with E-state index in [9.17, 15) is 9.90 Å². The van der Waals surface area contributed by atoms with Crippen LogP contribution in [-0.4, -0.2) is 46.3 Å². The molecule has 0 aliphatic carbocycles. The number of thiazole rings is 1. The molecule has 1 aliphatic heterocycles. The fourth-order valence-corrected chi connectivity index (χ4v) is 4.00. The first kappa shape index (κ1) is 14.6. The topological polar surface area (TPSA) is 80.5 Å². The summed E-state index contributed by atoms with van der Waals surface area (Å²) in [6.07, 6.45) is -0.873. The van der Waals surface area contributed by atoms with Gasteiger partial charge < -0.3 is 10.0 Å². The van der Waals surface area contributed by atoms with E-state index in [1.54, 1.807) is 17.4 Å². The third-order valence-electron chi connectivity index (χ3n) is 3.92. The molecule has 22 heavy (non-hydrogen) atoms.